The largest absolute Gasteiger partial charge is 0.473 e. The Labute approximate surface area is 158 Å². The van der Waals surface area contributed by atoms with Crippen LogP contribution in [0.3, 0.4) is 0 Å². The Morgan fingerprint density at radius 1 is 1.35 bits per heavy atom. The first kappa shape index (κ1) is 18.9. The van der Waals surface area contributed by atoms with Gasteiger partial charge in [0.25, 0.3) is 5.19 Å². The zero-order valence-corrected chi connectivity index (χ0v) is 16.6. The number of ether oxygens (including phenoxy) is 3. The summed E-state index contributed by atoms with van der Waals surface area (Å²) in [6, 6.07) is 6.19. The number of aromatic nitrogens is 1. The van der Waals surface area contributed by atoms with Gasteiger partial charge >= 0.3 is 6.09 Å². The van der Waals surface area contributed by atoms with E-state index >= 15 is 0 Å². The Kier molecular flexibility index (Phi) is 5.67. The molecule has 2 heterocycles. The molecule has 1 amide bonds. The highest BCUT2D eigenvalue weighted by Crippen LogP contribution is 2.29. The number of carbonyl (C=O) groups excluding carboxylic acids is 1. The molecule has 1 aliphatic heterocycles. The Hall–Kier alpha value is -1.86. The Bertz CT molecular complexity index is 762. The molecule has 1 aromatic carbocycles. The van der Waals surface area contributed by atoms with E-state index in [2.05, 4.69) is 11.1 Å². The van der Waals surface area contributed by atoms with E-state index < -0.39 is 5.60 Å². The fourth-order valence-electron chi connectivity index (χ4n) is 2.99. The van der Waals surface area contributed by atoms with E-state index in [0.717, 1.165) is 28.6 Å². The van der Waals surface area contributed by atoms with Crippen molar-refractivity contribution in [2.45, 2.75) is 51.8 Å². The predicted octanol–water partition coefficient (Wildman–Crippen LogP) is 4.22. The number of methoxy groups -OCH3 is 1. The van der Waals surface area contributed by atoms with Gasteiger partial charge in [0.2, 0.25) is 0 Å². The van der Waals surface area contributed by atoms with Gasteiger partial charge < -0.3 is 19.1 Å². The smallest absolute Gasteiger partial charge is 0.410 e. The van der Waals surface area contributed by atoms with Gasteiger partial charge in [0, 0.05) is 25.8 Å². The van der Waals surface area contributed by atoms with Crippen molar-refractivity contribution in [2.75, 3.05) is 20.3 Å². The molecule has 0 saturated carbocycles. The summed E-state index contributed by atoms with van der Waals surface area (Å²) in [5.41, 5.74) is 1.45. The number of carbonyl (C=O) groups is 1. The van der Waals surface area contributed by atoms with Crippen LogP contribution in [-0.4, -0.2) is 47.9 Å². The average molecular weight is 378 g/mol. The van der Waals surface area contributed by atoms with Crippen LogP contribution in [0.2, 0.25) is 0 Å². The van der Waals surface area contributed by atoms with Crippen LogP contribution in [0.4, 0.5) is 4.79 Å². The van der Waals surface area contributed by atoms with E-state index in [1.54, 1.807) is 7.11 Å². The monoisotopic (exact) mass is 378 g/mol. The third-order valence-electron chi connectivity index (χ3n) is 4.22. The van der Waals surface area contributed by atoms with Crippen molar-refractivity contribution >= 4 is 27.6 Å². The number of amides is 1. The lowest BCUT2D eigenvalue weighted by Crippen LogP contribution is -2.45. The summed E-state index contributed by atoms with van der Waals surface area (Å²) in [5.74, 6) is 0. The summed E-state index contributed by atoms with van der Waals surface area (Å²) < 4.78 is 17.4. The number of hydrogen-bond donors (Lipinski definition) is 0. The van der Waals surface area contributed by atoms with Crippen molar-refractivity contribution in [1.82, 2.24) is 9.88 Å². The van der Waals surface area contributed by atoms with Crippen molar-refractivity contribution in [3.63, 3.8) is 0 Å². The van der Waals surface area contributed by atoms with Crippen LogP contribution in [0.5, 0.6) is 5.19 Å². The summed E-state index contributed by atoms with van der Waals surface area (Å²) >= 11 is 1.50. The minimum absolute atomic E-state index is 0.130. The second-order valence-corrected chi connectivity index (χ2v) is 8.43. The maximum absolute atomic E-state index is 12.8. The number of fused-ring (bicyclic) bond motifs is 1. The van der Waals surface area contributed by atoms with Crippen molar-refractivity contribution in [3.8, 4) is 5.19 Å². The van der Waals surface area contributed by atoms with Crippen molar-refractivity contribution in [3.05, 3.63) is 23.8 Å². The molecule has 26 heavy (non-hydrogen) atoms. The second-order valence-electron chi connectivity index (χ2n) is 7.44. The molecular weight excluding hydrogens is 352 g/mol. The molecule has 2 aromatic rings. The number of thiazole rings is 1. The fraction of sp³-hybridized carbons (Fsp3) is 0.579. The molecule has 7 heteroatoms. The quantitative estimate of drug-likeness (QED) is 0.797. The van der Waals surface area contributed by atoms with Gasteiger partial charge in [-0.25, -0.2) is 9.78 Å². The van der Waals surface area contributed by atoms with Gasteiger partial charge in [0.1, 0.15) is 5.60 Å². The standard InChI is InChI=1S/C19H26N2O4S/c1-19(2,3)25-18(22)21(14-7-9-24-10-8-14)12-13-5-6-15-16(11-13)26-17(20-15)23-4/h5-6,11,14H,7-10,12H2,1-4H3. The summed E-state index contributed by atoms with van der Waals surface area (Å²) in [6.45, 7) is 7.54. The molecule has 1 saturated heterocycles. The molecule has 0 atom stereocenters. The van der Waals surface area contributed by atoms with E-state index in [4.69, 9.17) is 14.2 Å². The summed E-state index contributed by atoms with van der Waals surface area (Å²) in [6.07, 6.45) is 1.39. The summed E-state index contributed by atoms with van der Waals surface area (Å²) in [4.78, 5) is 19.0. The molecule has 0 N–H and O–H groups in total. The molecule has 1 aliphatic rings. The number of benzene rings is 1. The molecular formula is C19H26N2O4S. The minimum atomic E-state index is -0.518. The lowest BCUT2D eigenvalue weighted by atomic mass is 10.1. The van der Waals surface area contributed by atoms with Gasteiger partial charge in [0.15, 0.2) is 0 Å². The van der Waals surface area contributed by atoms with E-state index in [0.29, 0.717) is 25.0 Å². The maximum Gasteiger partial charge on any atom is 0.410 e. The second kappa shape index (κ2) is 7.80. The van der Waals surface area contributed by atoms with Gasteiger partial charge in [-0.05, 0) is 51.3 Å². The molecule has 1 fully saturated rings. The topological polar surface area (TPSA) is 60.9 Å². The molecule has 6 nitrogen and oxygen atoms in total. The molecule has 0 bridgehead atoms. The lowest BCUT2D eigenvalue weighted by Gasteiger charge is -2.35. The first-order chi connectivity index (χ1) is 12.4. The maximum atomic E-state index is 12.8. The molecule has 3 rings (SSSR count). The van der Waals surface area contributed by atoms with Gasteiger partial charge in [-0.2, -0.15) is 0 Å². The van der Waals surface area contributed by atoms with Crippen LogP contribution < -0.4 is 4.74 Å². The van der Waals surface area contributed by atoms with Gasteiger partial charge in [0.05, 0.1) is 17.3 Å². The SMILES string of the molecule is COc1nc2ccc(CN(C(=O)OC(C)(C)C)C3CCOCC3)cc2s1. The Morgan fingerprint density at radius 2 is 2.08 bits per heavy atom. The van der Waals surface area contributed by atoms with Gasteiger partial charge in [-0.1, -0.05) is 17.4 Å². The molecule has 0 radical (unpaired) electrons. The third kappa shape index (κ3) is 4.65. The minimum Gasteiger partial charge on any atom is -0.473 e. The molecule has 0 aliphatic carbocycles. The van der Waals surface area contributed by atoms with E-state index in [9.17, 15) is 4.79 Å². The van der Waals surface area contributed by atoms with E-state index in [1.807, 2.05) is 37.8 Å². The zero-order chi connectivity index (χ0) is 18.7. The molecule has 1 aromatic heterocycles. The molecule has 142 valence electrons. The zero-order valence-electron chi connectivity index (χ0n) is 15.8. The highest BCUT2D eigenvalue weighted by molar-refractivity contribution is 7.20. The normalized spacial score (nSPS) is 15.8. The van der Waals surface area contributed by atoms with Crippen molar-refractivity contribution in [1.29, 1.82) is 0 Å². The molecule has 0 unspecified atom stereocenters. The molecule has 0 spiro atoms. The van der Waals surface area contributed by atoms with Crippen LogP contribution in [0.15, 0.2) is 18.2 Å². The number of hydrogen-bond acceptors (Lipinski definition) is 6. The van der Waals surface area contributed by atoms with Crippen LogP contribution in [0.1, 0.15) is 39.2 Å². The summed E-state index contributed by atoms with van der Waals surface area (Å²) in [5, 5.41) is 0.644. The van der Waals surface area contributed by atoms with Crippen LogP contribution >= 0.6 is 11.3 Å². The Morgan fingerprint density at radius 3 is 2.73 bits per heavy atom. The van der Waals surface area contributed by atoms with Crippen molar-refractivity contribution in [2.24, 2.45) is 0 Å². The van der Waals surface area contributed by atoms with Crippen LogP contribution in [-0.2, 0) is 16.0 Å². The van der Waals surface area contributed by atoms with Gasteiger partial charge in [-0.15, -0.1) is 0 Å². The van der Waals surface area contributed by atoms with Crippen molar-refractivity contribution < 1.29 is 19.0 Å². The first-order valence-corrected chi connectivity index (χ1v) is 9.68. The van der Waals surface area contributed by atoms with Gasteiger partial charge in [-0.3, -0.25) is 0 Å². The lowest BCUT2D eigenvalue weighted by molar-refractivity contribution is -0.00807. The van der Waals surface area contributed by atoms with E-state index in [-0.39, 0.29) is 12.1 Å². The highest BCUT2D eigenvalue weighted by Gasteiger charge is 2.30. The number of nitrogens with zero attached hydrogens (tertiary/aromatic N) is 2. The Balaban J connectivity index is 1.82. The van der Waals surface area contributed by atoms with Crippen LogP contribution in [0.25, 0.3) is 10.2 Å². The predicted molar refractivity (Wildman–Crippen MR) is 102 cm³/mol. The van der Waals surface area contributed by atoms with Crippen LogP contribution in [0, 0.1) is 0 Å². The van der Waals surface area contributed by atoms with E-state index in [1.165, 1.54) is 11.3 Å². The highest BCUT2D eigenvalue weighted by atomic mass is 32.1. The first-order valence-electron chi connectivity index (χ1n) is 8.86. The average Bonchev–Trinajstić information content (AvgIpc) is 3.01. The summed E-state index contributed by atoms with van der Waals surface area (Å²) in [7, 11) is 1.62. The third-order valence-corrected chi connectivity index (χ3v) is 5.20. The fourth-order valence-corrected chi connectivity index (χ4v) is 3.83. The number of rotatable bonds is 4.